The summed E-state index contributed by atoms with van der Waals surface area (Å²) in [4.78, 5) is 45.3. The fourth-order valence-corrected chi connectivity index (χ4v) is 4.69. The van der Waals surface area contributed by atoms with E-state index in [-0.39, 0.29) is 36.4 Å². The minimum atomic E-state index is -1.18. The van der Waals surface area contributed by atoms with E-state index in [1.54, 1.807) is 11.5 Å². The van der Waals surface area contributed by atoms with Crippen molar-refractivity contribution in [2.75, 3.05) is 13.7 Å². The predicted octanol–water partition coefficient (Wildman–Crippen LogP) is 2.54. The SMILES string of the molecule is CCOc1ccccc1CN1C(=O)c2c(C(=O)OC)ncn2C[C@@]1(C)C(=O)NC1CCCC1. The number of carbonyl (C=O) groups excluding carboxylic acids is 3. The fraction of sp³-hybridized carbons (Fsp3) is 0.500. The molecule has 4 rings (SSSR count). The van der Waals surface area contributed by atoms with Gasteiger partial charge in [0, 0.05) is 11.6 Å². The average Bonchev–Trinajstić information content (AvgIpc) is 3.47. The van der Waals surface area contributed by atoms with Crippen molar-refractivity contribution in [2.24, 2.45) is 0 Å². The van der Waals surface area contributed by atoms with E-state index >= 15 is 0 Å². The molecule has 9 heteroatoms. The first-order chi connectivity index (χ1) is 15.9. The van der Waals surface area contributed by atoms with Crippen LogP contribution in [0.1, 0.15) is 66.1 Å². The molecular formula is C24H30N4O5. The Kier molecular flexibility index (Phi) is 6.40. The Morgan fingerprint density at radius 2 is 1.97 bits per heavy atom. The number of fused-ring (bicyclic) bond motifs is 1. The Bertz CT molecular complexity index is 1060. The van der Waals surface area contributed by atoms with Crippen molar-refractivity contribution in [3.8, 4) is 5.75 Å². The highest BCUT2D eigenvalue weighted by molar-refractivity contribution is 6.06. The van der Waals surface area contributed by atoms with Gasteiger partial charge >= 0.3 is 5.97 Å². The zero-order chi connectivity index (χ0) is 23.6. The number of methoxy groups -OCH3 is 1. The molecule has 2 aromatic rings. The van der Waals surface area contributed by atoms with Gasteiger partial charge in [-0.1, -0.05) is 31.0 Å². The molecule has 1 aromatic heterocycles. The molecule has 0 bridgehead atoms. The summed E-state index contributed by atoms with van der Waals surface area (Å²) in [5.41, 5.74) is -0.328. The molecule has 1 aliphatic heterocycles. The van der Waals surface area contributed by atoms with Crippen LogP contribution in [-0.4, -0.2) is 57.5 Å². The van der Waals surface area contributed by atoms with Crippen molar-refractivity contribution in [1.82, 2.24) is 19.8 Å². The summed E-state index contributed by atoms with van der Waals surface area (Å²) >= 11 is 0. The second kappa shape index (κ2) is 9.25. The largest absolute Gasteiger partial charge is 0.494 e. The van der Waals surface area contributed by atoms with E-state index in [4.69, 9.17) is 9.47 Å². The lowest BCUT2D eigenvalue weighted by atomic mass is 9.93. The molecule has 1 N–H and O–H groups in total. The molecule has 1 fully saturated rings. The highest BCUT2D eigenvalue weighted by Crippen LogP contribution is 2.33. The van der Waals surface area contributed by atoms with Crippen LogP contribution in [0.15, 0.2) is 30.6 Å². The fourth-order valence-electron chi connectivity index (χ4n) is 4.69. The van der Waals surface area contributed by atoms with Crippen LogP contribution in [0.3, 0.4) is 0 Å². The van der Waals surface area contributed by atoms with E-state index in [0.717, 1.165) is 31.2 Å². The highest BCUT2D eigenvalue weighted by atomic mass is 16.5. The summed E-state index contributed by atoms with van der Waals surface area (Å²) in [7, 11) is 1.25. The van der Waals surface area contributed by atoms with Gasteiger partial charge in [-0.15, -0.1) is 0 Å². The lowest BCUT2D eigenvalue weighted by Gasteiger charge is -2.44. The van der Waals surface area contributed by atoms with Crippen molar-refractivity contribution < 1.29 is 23.9 Å². The van der Waals surface area contributed by atoms with Crippen LogP contribution in [0.2, 0.25) is 0 Å². The van der Waals surface area contributed by atoms with E-state index < -0.39 is 17.4 Å². The first-order valence-corrected chi connectivity index (χ1v) is 11.4. The number of nitrogens with one attached hydrogen (secondary N) is 1. The van der Waals surface area contributed by atoms with Gasteiger partial charge < -0.3 is 24.3 Å². The van der Waals surface area contributed by atoms with Gasteiger partial charge in [0.1, 0.15) is 17.0 Å². The lowest BCUT2D eigenvalue weighted by Crippen LogP contribution is -2.64. The van der Waals surface area contributed by atoms with Crippen molar-refractivity contribution in [3.05, 3.63) is 47.5 Å². The van der Waals surface area contributed by atoms with Gasteiger partial charge in [0.15, 0.2) is 5.69 Å². The number of para-hydroxylation sites is 1. The summed E-state index contributed by atoms with van der Waals surface area (Å²) in [5, 5.41) is 3.15. The summed E-state index contributed by atoms with van der Waals surface area (Å²) < 4.78 is 12.1. The van der Waals surface area contributed by atoms with Gasteiger partial charge in [-0.2, -0.15) is 0 Å². The Hall–Kier alpha value is -3.36. The molecule has 2 heterocycles. The standard InChI is InChI=1S/C24H30N4O5/c1-4-33-18-12-8-5-9-16(18)13-28-21(29)20-19(22(30)32-3)25-15-27(20)14-24(28,2)23(31)26-17-10-6-7-11-17/h5,8-9,12,15,17H,4,6-7,10-11,13-14H2,1-3H3,(H,26,31)/t24-/m0/s1. The highest BCUT2D eigenvalue weighted by Gasteiger charge is 2.49. The maximum absolute atomic E-state index is 13.8. The molecule has 0 unspecified atom stereocenters. The number of carbonyl (C=O) groups is 3. The molecule has 1 aromatic carbocycles. The van der Waals surface area contributed by atoms with E-state index in [1.807, 2.05) is 31.2 Å². The molecule has 2 amide bonds. The molecule has 1 atom stereocenters. The lowest BCUT2D eigenvalue weighted by molar-refractivity contribution is -0.134. The van der Waals surface area contributed by atoms with E-state index in [2.05, 4.69) is 10.3 Å². The topological polar surface area (TPSA) is 103 Å². The number of aromatic nitrogens is 2. The summed E-state index contributed by atoms with van der Waals surface area (Å²) in [6.45, 7) is 4.45. The number of amides is 2. The molecule has 0 saturated heterocycles. The average molecular weight is 455 g/mol. The summed E-state index contributed by atoms with van der Waals surface area (Å²) in [6, 6.07) is 7.56. The Balaban J connectivity index is 1.75. The summed E-state index contributed by atoms with van der Waals surface area (Å²) in [6.07, 6.45) is 5.46. The monoisotopic (exact) mass is 454 g/mol. The number of benzene rings is 1. The molecule has 1 saturated carbocycles. The summed E-state index contributed by atoms with van der Waals surface area (Å²) in [5.74, 6) is -0.700. The van der Waals surface area contributed by atoms with Gasteiger partial charge in [-0.3, -0.25) is 9.59 Å². The van der Waals surface area contributed by atoms with Crippen LogP contribution >= 0.6 is 0 Å². The van der Waals surface area contributed by atoms with Gasteiger partial charge in [-0.25, -0.2) is 9.78 Å². The van der Waals surface area contributed by atoms with Crippen LogP contribution < -0.4 is 10.1 Å². The normalized spacial score (nSPS) is 20.5. The minimum absolute atomic E-state index is 0.0520. The second-order valence-electron chi connectivity index (χ2n) is 8.72. The Morgan fingerprint density at radius 3 is 2.67 bits per heavy atom. The van der Waals surface area contributed by atoms with Crippen LogP contribution in [0.25, 0.3) is 0 Å². The number of rotatable bonds is 7. The van der Waals surface area contributed by atoms with Gasteiger partial charge in [0.25, 0.3) is 5.91 Å². The number of ether oxygens (including phenoxy) is 2. The predicted molar refractivity (Wildman–Crippen MR) is 120 cm³/mol. The van der Waals surface area contributed by atoms with E-state index in [9.17, 15) is 14.4 Å². The Morgan fingerprint density at radius 1 is 1.24 bits per heavy atom. The number of hydrogen-bond donors (Lipinski definition) is 1. The first kappa shape index (κ1) is 22.8. The van der Waals surface area contributed by atoms with E-state index in [1.165, 1.54) is 18.3 Å². The quantitative estimate of drug-likeness (QED) is 0.645. The van der Waals surface area contributed by atoms with Crippen molar-refractivity contribution in [3.63, 3.8) is 0 Å². The molecule has 176 valence electrons. The third kappa shape index (κ3) is 4.19. The third-order valence-electron chi connectivity index (χ3n) is 6.52. The van der Waals surface area contributed by atoms with Crippen molar-refractivity contribution in [2.45, 2.75) is 64.2 Å². The molecule has 33 heavy (non-hydrogen) atoms. The molecule has 9 nitrogen and oxygen atoms in total. The number of hydrogen-bond acceptors (Lipinski definition) is 6. The first-order valence-electron chi connectivity index (χ1n) is 11.4. The smallest absolute Gasteiger partial charge is 0.359 e. The molecular weight excluding hydrogens is 424 g/mol. The maximum atomic E-state index is 13.8. The zero-order valence-corrected chi connectivity index (χ0v) is 19.3. The maximum Gasteiger partial charge on any atom is 0.359 e. The molecule has 0 spiro atoms. The third-order valence-corrected chi connectivity index (χ3v) is 6.52. The molecule has 0 radical (unpaired) electrons. The van der Waals surface area contributed by atoms with Crippen molar-refractivity contribution >= 4 is 17.8 Å². The van der Waals surface area contributed by atoms with Crippen LogP contribution in [0.5, 0.6) is 5.75 Å². The number of nitrogens with zero attached hydrogens (tertiary/aromatic N) is 3. The van der Waals surface area contributed by atoms with E-state index in [0.29, 0.717) is 12.4 Å². The Labute approximate surface area is 193 Å². The second-order valence-corrected chi connectivity index (χ2v) is 8.72. The van der Waals surface area contributed by atoms with Gasteiger partial charge in [0.05, 0.1) is 33.1 Å². The van der Waals surface area contributed by atoms with Crippen LogP contribution in [0, 0.1) is 0 Å². The van der Waals surface area contributed by atoms with Crippen molar-refractivity contribution in [1.29, 1.82) is 0 Å². The minimum Gasteiger partial charge on any atom is -0.494 e. The number of imidazole rings is 1. The van der Waals surface area contributed by atoms with Crippen LogP contribution in [0.4, 0.5) is 0 Å². The van der Waals surface area contributed by atoms with Crippen LogP contribution in [-0.2, 0) is 22.6 Å². The van der Waals surface area contributed by atoms with Gasteiger partial charge in [-0.05, 0) is 32.8 Å². The zero-order valence-electron chi connectivity index (χ0n) is 19.3. The number of esters is 1. The molecule has 1 aliphatic carbocycles. The van der Waals surface area contributed by atoms with Gasteiger partial charge in [0.2, 0.25) is 5.91 Å². The molecule has 2 aliphatic rings.